The number of piperidine rings is 2. The second kappa shape index (κ2) is 21.4. The number of benzene rings is 3. The van der Waals surface area contributed by atoms with E-state index in [1.165, 1.54) is 32.9 Å². The molecule has 2 aliphatic rings. The normalized spacial score (nSPS) is 15.8. The molecule has 0 bridgehead atoms. The summed E-state index contributed by atoms with van der Waals surface area (Å²) < 4.78 is 21.6. The van der Waals surface area contributed by atoms with Gasteiger partial charge in [0.2, 0.25) is 0 Å². The van der Waals surface area contributed by atoms with Crippen molar-refractivity contribution < 1.29 is 34.0 Å². The summed E-state index contributed by atoms with van der Waals surface area (Å²) >= 11 is 0. The molecule has 11 nitrogen and oxygen atoms in total. The summed E-state index contributed by atoms with van der Waals surface area (Å²) in [6, 6.07) is 22.6. The van der Waals surface area contributed by atoms with Gasteiger partial charge in [0.15, 0.2) is 0 Å². The maximum Gasteiger partial charge on any atom is 0.339 e. The highest BCUT2D eigenvalue weighted by Crippen LogP contribution is 2.36. The molecule has 2 N–H and O–H groups in total. The second-order valence-corrected chi connectivity index (χ2v) is 15.5. The van der Waals surface area contributed by atoms with Crippen molar-refractivity contribution in [2.45, 2.75) is 77.8 Å². The quantitative estimate of drug-likeness (QED) is 0.0846. The lowest BCUT2D eigenvalue weighted by molar-refractivity contribution is -0.137. The van der Waals surface area contributed by atoms with Gasteiger partial charge in [-0.15, -0.1) is 0 Å². The highest BCUT2D eigenvalue weighted by atomic mass is 16.5. The van der Waals surface area contributed by atoms with E-state index in [-0.39, 0.29) is 12.0 Å². The minimum Gasteiger partial charge on any atom is -0.491 e. The molecule has 0 atom stereocenters. The number of carboxylic acids is 2. The van der Waals surface area contributed by atoms with Crippen molar-refractivity contribution in [3.8, 4) is 5.75 Å². The van der Waals surface area contributed by atoms with Crippen LogP contribution < -0.4 is 4.74 Å². The number of carboxylic acid groups (broad SMARTS) is 2. The van der Waals surface area contributed by atoms with Crippen LogP contribution in [0.1, 0.15) is 84.8 Å². The molecule has 2 saturated heterocycles. The standard InChI is InChI=1S/C27H34N2O4.C20H28N2O3/c1-3-32-16-15-29-19-24(22-6-4-5-7-25(22)29)21-10-12-28(13-11-21)14-17-33-26-9-8-20(2)18-23(26)27(30)31;1-2-25-14-13-22-15-18(17-5-3-4-6-19(17)22)16-7-10-21(11-8-16)12-9-20(23)24/h4-9,18-19,21H,3,10-17H2,1-2H3,(H,30,31);3-6,15-16H,2,7-14H2,1H3,(H,23,24). The average Bonchev–Trinajstić information content (AvgIpc) is 3.80. The number of hydrogen-bond acceptors (Lipinski definition) is 7. The molecule has 0 amide bonds. The number of aryl methyl sites for hydroxylation is 1. The Kier molecular flexibility index (Phi) is 15.8. The number of likely N-dealkylation sites (tertiary alicyclic amines) is 2. The second-order valence-electron chi connectivity index (χ2n) is 15.5. The Morgan fingerprint density at radius 2 is 1.16 bits per heavy atom. The smallest absolute Gasteiger partial charge is 0.339 e. The van der Waals surface area contributed by atoms with Crippen LogP contribution in [0.2, 0.25) is 0 Å². The van der Waals surface area contributed by atoms with E-state index in [2.05, 4.69) is 79.9 Å². The van der Waals surface area contributed by atoms with Gasteiger partial charge in [0.05, 0.1) is 19.6 Å². The van der Waals surface area contributed by atoms with E-state index in [0.29, 0.717) is 30.7 Å². The largest absolute Gasteiger partial charge is 0.491 e. The molecule has 11 heteroatoms. The summed E-state index contributed by atoms with van der Waals surface area (Å²) in [4.78, 5) is 26.9. The molecule has 0 saturated carbocycles. The van der Waals surface area contributed by atoms with Crippen molar-refractivity contribution in [2.24, 2.45) is 0 Å². The first kappa shape index (κ1) is 42.9. The number of fused-ring (bicyclic) bond motifs is 2. The predicted molar refractivity (Wildman–Crippen MR) is 230 cm³/mol. The Balaban J connectivity index is 0.000000203. The summed E-state index contributed by atoms with van der Waals surface area (Å²) in [6.07, 6.45) is 9.30. The Bertz CT molecular complexity index is 2070. The van der Waals surface area contributed by atoms with Gasteiger partial charge < -0.3 is 38.5 Å². The lowest BCUT2D eigenvalue weighted by Crippen LogP contribution is -2.35. The maximum atomic E-state index is 11.5. The Morgan fingerprint density at radius 1 is 0.655 bits per heavy atom. The molecule has 5 aromatic rings. The van der Waals surface area contributed by atoms with Gasteiger partial charge in [0.25, 0.3) is 0 Å². The van der Waals surface area contributed by atoms with Crippen LogP contribution >= 0.6 is 0 Å². The van der Waals surface area contributed by atoms with Crippen LogP contribution in [0.4, 0.5) is 0 Å². The van der Waals surface area contributed by atoms with Crippen molar-refractivity contribution in [3.63, 3.8) is 0 Å². The zero-order valence-electron chi connectivity index (χ0n) is 34.6. The topological polar surface area (TPSA) is 119 Å². The zero-order chi connectivity index (χ0) is 40.9. The van der Waals surface area contributed by atoms with Gasteiger partial charge in [-0.2, -0.15) is 0 Å². The highest BCUT2D eigenvalue weighted by Gasteiger charge is 2.25. The van der Waals surface area contributed by atoms with E-state index >= 15 is 0 Å². The lowest BCUT2D eigenvalue weighted by Gasteiger charge is -2.31. The third kappa shape index (κ3) is 11.3. The fraction of sp³-hybridized carbons (Fsp3) is 0.489. The third-order valence-corrected chi connectivity index (χ3v) is 11.7. The summed E-state index contributed by atoms with van der Waals surface area (Å²) in [7, 11) is 0. The van der Waals surface area contributed by atoms with Crippen LogP contribution in [0.3, 0.4) is 0 Å². The molecule has 2 aromatic heterocycles. The first-order valence-corrected chi connectivity index (χ1v) is 21.2. The summed E-state index contributed by atoms with van der Waals surface area (Å²) in [6.45, 7) is 16.6. The third-order valence-electron chi connectivity index (χ3n) is 11.7. The molecule has 58 heavy (non-hydrogen) atoms. The minimum absolute atomic E-state index is 0.231. The van der Waals surface area contributed by atoms with Crippen molar-refractivity contribution in [1.82, 2.24) is 18.9 Å². The Labute approximate surface area is 343 Å². The van der Waals surface area contributed by atoms with E-state index < -0.39 is 11.9 Å². The van der Waals surface area contributed by atoms with Crippen LogP contribution in [0.25, 0.3) is 21.8 Å². The van der Waals surface area contributed by atoms with Gasteiger partial charge in [-0.1, -0.05) is 48.0 Å². The van der Waals surface area contributed by atoms with E-state index in [0.717, 1.165) is 103 Å². The SMILES string of the molecule is CCOCCn1cc(C2CCN(CCC(=O)O)CC2)c2ccccc21.CCOCCn1cc(C2CCN(CCOc3ccc(C)cc3C(=O)O)CC2)c2ccccc21. The molecular weight excluding hydrogens is 733 g/mol. The number of aromatic carboxylic acids is 1. The molecular formula is C47H62N4O7. The molecule has 0 unspecified atom stereocenters. The number of ether oxygens (including phenoxy) is 3. The average molecular weight is 795 g/mol. The Morgan fingerprint density at radius 3 is 1.64 bits per heavy atom. The summed E-state index contributed by atoms with van der Waals surface area (Å²) in [5.41, 5.74) is 6.60. The summed E-state index contributed by atoms with van der Waals surface area (Å²) in [5.74, 6) is -0.104. The molecule has 312 valence electrons. The van der Waals surface area contributed by atoms with Crippen molar-refractivity contribution in [3.05, 3.63) is 101 Å². The van der Waals surface area contributed by atoms with Crippen LogP contribution in [0, 0.1) is 6.92 Å². The molecule has 2 aliphatic heterocycles. The van der Waals surface area contributed by atoms with Crippen LogP contribution in [0.5, 0.6) is 5.75 Å². The van der Waals surface area contributed by atoms with E-state index in [1.54, 1.807) is 12.1 Å². The van der Waals surface area contributed by atoms with Gasteiger partial charge in [0, 0.05) is 73.6 Å². The van der Waals surface area contributed by atoms with Crippen molar-refractivity contribution in [1.29, 1.82) is 0 Å². The van der Waals surface area contributed by atoms with Crippen LogP contribution in [0.15, 0.2) is 79.1 Å². The van der Waals surface area contributed by atoms with E-state index in [1.807, 2.05) is 26.8 Å². The first-order chi connectivity index (χ1) is 28.2. The predicted octanol–water partition coefficient (Wildman–Crippen LogP) is 8.27. The molecule has 0 spiro atoms. The van der Waals surface area contributed by atoms with Crippen molar-refractivity contribution in [2.75, 3.05) is 72.3 Å². The van der Waals surface area contributed by atoms with Crippen molar-refractivity contribution >= 4 is 33.7 Å². The number of aromatic nitrogens is 2. The number of nitrogens with zero attached hydrogens (tertiary/aromatic N) is 4. The molecule has 0 radical (unpaired) electrons. The van der Waals surface area contributed by atoms with Gasteiger partial charge in [-0.25, -0.2) is 4.79 Å². The molecule has 4 heterocycles. The highest BCUT2D eigenvalue weighted by molar-refractivity contribution is 5.91. The molecule has 7 rings (SSSR count). The maximum absolute atomic E-state index is 11.5. The lowest BCUT2D eigenvalue weighted by atomic mass is 9.89. The van der Waals surface area contributed by atoms with Gasteiger partial charge in [-0.05, 0) is 120 Å². The number of rotatable bonds is 18. The monoisotopic (exact) mass is 794 g/mol. The first-order valence-electron chi connectivity index (χ1n) is 21.2. The molecule has 2 fully saturated rings. The van der Waals surface area contributed by atoms with E-state index in [9.17, 15) is 14.7 Å². The van der Waals surface area contributed by atoms with Gasteiger partial charge in [0.1, 0.15) is 17.9 Å². The minimum atomic E-state index is -0.949. The molecule has 0 aliphatic carbocycles. The molecule has 3 aromatic carbocycles. The number of aliphatic carboxylic acids is 1. The fourth-order valence-corrected chi connectivity index (χ4v) is 8.60. The number of hydrogen-bond donors (Lipinski definition) is 2. The van der Waals surface area contributed by atoms with Crippen LogP contribution in [-0.4, -0.2) is 113 Å². The van der Waals surface area contributed by atoms with Gasteiger partial charge in [-0.3, -0.25) is 9.69 Å². The number of para-hydroxylation sites is 2. The van der Waals surface area contributed by atoms with Crippen LogP contribution in [-0.2, 0) is 27.4 Å². The zero-order valence-corrected chi connectivity index (χ0v) is 34.6. The van der Waals surface area contributed by atoms with E-state index in [4.69, 9.17) is 19.3 Å². The summed E-state index contributed by atoms with van der Waals surface area (Å²) in [5, 5.41) is 21.0. The fourth-order valence-electron chi connectivity index (χ4n) is 8.60. The number of carbonyl (C=O) groups is 2. The Hall–Kier alpha value is -4.68. The van der Waals surface area contributed by atoms with Gasteiger partial charge >= 0.3 is 11.9 Å².